The third-order valence-electron chi connectivity index (χ3n) is 1.87. The SMILES string of the molecule is CCCCC1CC(=S)OC1=S. The second kappa shape index (κ2) is 4.12. The molecule has 1 aliphatic heterocycles. The second-order valence-electron chi connectivity index (χ2n) is 2.84. The zero-order valence-corrected chi connectivity index (χ0v) is 8.26. The largest absolute Gasteiger partial charge is 0.443 e. The molecule has 0 aromatic carbocycles. The van der Waals surface area contributed by atoms with Crippen LogP contribution in [0.2, 0.25) is 0 Å². The number of thiocarbonyl (C=S) groups is 2. The second-order valence-corrected chi connectivity index (χ2v) is 3.69. The third-order valence-corrected chi connectivity index (χ3v) is 2.53. The van der Waals surface area contributed by atoms with Gasteiger partial charge in [-0.25, -0.2) is 0 Å². The molecule has 0 radical (unpaired) electrons. The first-order chi connectivity index (χ1) is 5.24. The van der Waals surface area contributed by atoms with Crippen LogP contribution in [0, 0.1) is 5.92 Å². The third kappa shape index (κ3) is 2.49. The first kappa shape index (κ1) is 9.07. The lowest BCUT2D eigenvalue weighted by Crippen LogP contribution is -2.04. The van der Waals surface area contributed by atoms with Gasteiger partial charge >= 0.3 is 0 Å². The van der Waals surface area contributed by atoms with Crippen molar-refractivity contribution in [3.8, 4) is 0 Å². The van der Waals surface area contributed by atoms with E-state index in [1.807, 2.05) is 0 Å². The first-order valence-electron chi connectivity index (χ1n) is 3.98. The fourth-order valence-electron chi connectivity index (χ4n) is 1.19. The van der Waals surface area contributed by atoms with Crippen LogP contribution in [0.3, 0.4) is 0 Å². The Morgan fingerprint density at radius 2 is 2.27 bits per heavy atom. The minimum Gasteiger partial charge on any atom is -0.443 e. The van der Waals surface area contributed by atoms with Crippen LogP contribution in [0.15, 0.2) is 0 Å². The Balaban J connectivity index is 2.34. The van der Waals surface area contributed by atoms with Gasteiger partial charge in [-0.05, 0) is 30.9 Å². The van der Waals surface area contributed by atoms with E-state index >= 15 is 0 Å². The molecule has 1 rings (SSSR count). The van der Waals surface area contributed by atoms with Crippen LogP contribution in [-0.2, 0) is 4.74 Å². The molecule has 0 aromatic heterocycles. The van der Waals surface area contributed by atoms with Gasteiger partial charge in [0, 0.05) is 12.3 Å². The zero-order chi connectivity index (χ0) is 8.27. The van der Waals surface area contributed by atoms with Crippen molar-refractivity contribution < 1.29 is 4.74 Å². The monoisotopic (exact) mass is 188 g/mol. The quantitative estimate of drug-likeness (QED) is 0.630. The van der Waals surface area contributed by atoms with Crippen molar-refractivity contribution in [2.24, 2.45) is 5.92 Å². The van der Waals surface area contributed by atoms with Crippen LogP contribution in [0.5, 0.6) is 0 Å². The van der Waals surface area contributed by atoms with Gasteiger partial charge in [0.2, 0.25) is 0 Å². The smallest absolute Gasteiger partial charge is 0.171 e. The average Bonchev–Trinajstić information content (AvgIpc) is 2.26. The Labute approximate surface area is 78.1 Å². The summed E-state index contributed by atoms with van der Waals surface area (Å²) in [6, 6.07) is 0. The van der Waals surface area contributed by atoms with E-state index in [4.69, 9.17) is 29.2 Å². The minimum atomic E-state index is 0.428. The van der Waals surface area contributed by atoms with Crippen molar-refractivity contribution in [2.45, 2.75) is 32.6 Å². The Bertz CT molecular complexity index is 177. The van der Waals surface area contributed by atoms with Crippen LogP contribution in [0.1, 0.15) is 32.6 Å². The highest BCUT2D eigenvalue weighted by Crippen LogP contribution is 2.23. The van der Waals surface area contributed by atoms with Crippen molar-refractivity contribution in [2.75, 3.05) is 0 Å². The summed E-state index contributed by atoms with van der Waals surface area (Å²) in [5.41, 5.74) is 0. The summed E-state index contributed by atoms with van der Waals surface area (Å²) in [7, 11) is 0. The molecule has 0 spiro atoms. The maximum Gasteiger partial charge on any atom is 0.171 e. The standard InChI is InChI=1S/C8H12OS2/c1-2-3-4-6-5-7(10)9-8(6)11/h6H,2-5H2,1H3. The molecule has 1 atom stereocenters. The Kier molecular flexibility index (Phi) is 3.40. The van der Waals surface area contributed by atoms with Crippen molar-refractivity contribution in [3.63, 3.8) is 0 Å². The van der Waals surface area contributed by atoms with Crippen LogP contribution < -0.4 is 0 Å². The van der Waals surface area contributed by atoms with Gasteiger partial charge < -0.3 is 4.74 Å². The lowest BCUT2D eigenvalue weighted by Gasteiger charge is -2.03. The summed E-state index contributed by atoms with van der Waals surface area (Å²) in [5, 5.41) is 1.39. The number of unbranched alkanes of at least 4 members (excludes halogenated alkanes) is 1. The summed E-state index contributed by atoms with van der Waals surface area (Å²) < 4.78 is 5.13. The molecule has 0 aliphatic carbocycles. The molecular formula is C8H12OS2. The minimum absolute atomic E-state index is 0.428. The molecule has 0 bridgehead atoms. The van der Waals surface area contributed by atoms with Gasteiger partial charge in [-0.15, -0.1) is 0 Å². The van der Waals surface area contributed by atoms with E-state index in [0.717, 1.165) is 12.8 Å². The molecule has 1 fully saturated rings. The highest BCUT2D eigenvalue weighted by molar-refractivity contribution is 7.81. The molecule has 1 aliphatic rings. The van der Waals surface area contributed by atoms with E-state index in [1.165, 1.54) is 12.8 Å². The molecule has 0 saturated carbocycles. The van der Waals surface area contributed by atoms with E-state index in [2.05, 4.69) is 6.92 Å². The number of rotatable bonds is 3. The summed E-state index contributed by atoms with van der Waals surface area (Å²) in [6.45, 7) is 2.18. The van der Waals surface area contributed by atoms with Gasteiger partial charge in [-0.3, -0.25) is 0 Å². The van der Waals surface area contributed by atoms with Gasteiger partial charge in [0.25, 0.3) is 0 Å². The summed E-state index contributed by atoms with van der Waals surface area (Å²) in [6.07, 6.45) is 4.44. The summed E-state index contributed by atoms with van der Waals surface area (Å²) in [5.74, 6) is 0.428. The number of ether oxygens (including phenoxy) is 1. The number of hydrogen-bond donors (Lipinski definition) is 0. The molecule has 1 unspecified atom stereocenters. The fourth-order valence-corrected chi connectivity index (χ4v) is 1.84. The molecular weight excluding hydrogens is 176 g/mol. The van der Waals surface area contributed by atoms with Gasteiger partial charge in [-0.2, -0.15) is 0 Å². The normalized spacial score (nSPS) is 23.9. The summed E-state index contributed by atoms with van der Waals surface area (Å²) in [4.78, 5) is 0. The Hall–Kier alpha value is -0.0200. The van der Waals surface area contributed by atoms with Crippen molar-refractivity contribution in [1.82, 2.24) is 0 Å². The van der Waals surface area contributed by atoms with Gasteiger partial charge in [0.1, 0.15) is 0 Å². The Morgan fingerprint density at radius 3 is 2.73 bits per heavy atom. The molecule has 0 N–H and O–H groups in total. The van der Waals surface area contributed by atoms with E-state index in [1.54, 1.807) is 0 Å². The summed E-state index contributed by atoms with van der Waals surface area (Å²) >= 11 is 9.94. The maximum absolute atomic E-state index is 5.13. The van der Waals surface area contributed by atoms with Gasteiger partial charge in [-0.1, -0.05) is 19.8 Å². The van der Waals surface area contributed by atoms with Crippen molar-refractivity contribution in [1.29, 1.82) is 0 Å². The van der Waals surface area contributed by atoms with E-state index in [-0.39, 0.29) is 0 Å². The molecule has 1 nitrogen and oxygen atoms in total. The molecule has 1 heterocycles. The first-order valence-corrected chi connectivity index (χ1v) is 4.80. The average molecular weight is 188 g/mol. The van der Waals surface area contributed by atoms with Gasteiger partial charge in [0.15, 0.2) is 10.1 Å². The van der Waals surface area contributed by atoms with Gasteiger partial charge in [0.05, 0.1) is 0 Å². The predicted molar refractivity (Wildman–Crippen MR) is 53.9 cm³/mol. The van der Waals surface area contributed by atoms with Crippen molar-refractivity contribution in [3.05, 3.63) is 0 Å². The Morgan fingerprint density at radius 1 is 1.55 bits per heavy atom. The zero-order valence-electron chi connectivity index (χ0n) is 6.63. The molecule has 0 aromatic rings. The highest BCUT2D eigenvalue weighted by atomic mass is 32.1. The molecule has 11 heavy (non-hydrogen) atoms. The van der Waals surface area contributed by atoms with Crippen LogP contribution in [0.25, 0.3) is 0 Å². The predicted octanol–water partition coefficient (Wildman–Crippen LogP) is 2.87. The van der Waals surface area contributed by atoms with Crippen LogP contribution in [-0.4, -0.2) is 10.1 Å². The molecule has 3 heteroatoms. The van der Waals surface area contributed by atoms with Crippen LogP contribution in [0.4, 0.5) is 0 Å². The maximum atomic E-state index is 5.13. The lowest BCUT2D eigenvalue weighted by atomic mass is 10.0. The van der Waals surface area contributed by atoms with E-state index < -0.39 is 0 Å². The number of hydrogen-bond acceptors (Lipinski definition) is 3. The van der Waals surface area contributed by atoms with Crippen LogP contribution >= 0.6 is 24.4 Å². The van der Waals surface area contributed by atoms with E-state index in [0.29, 0.717) is 16.0 Å². The molecule has 62 valence electrons. The topological polar surface area (TPSA) is 9.23 Å². The molecule has 0 amide bonds. The lowest BCUT2D eigenvalue weighted by molar-refractivity contribution is 0.554. The molecule has 1 saturated heterocycles. The van der Waals surface area contributed by atoms with Crippen molar-refractivity contribution >= 4 is 34.5 Å². The van der Waals surface area contributed by atoms with E-state index in [9.17, 15) is 0 Å². The fraction of sp³-hybridized carbons (Fsp3) is 0.750. The highest BCUT2D eigenvalue weighted by Gasteiger charge is 2.26.